The number of anilines is 2. The Morgan fingerprint density at radius 2 is 1.56 bits per heavy atom. The maximum absolute atomic E-state index is 13.8. The molecule has 1 aliphatic carbocycles. The fourth-order valence-electron chi connectivity index (χ4n) is 7.37. The topological polar surface area (TPSA) is 149 Å². The fraction of sp³-hybridized carbons (Fsp3) is 0.404. The molecule has 59 heavy (non-hydrogen) atoms. The number of aryl methyl sites for hydroxylation is 1. The van der Waals surface area contributed by atoms with Crippen LogP contribution in [0.4, 0.5) is 11.4 Å². The van der Waals surface area contributed by atoms with Crippen molar-refractivity contribution in [2.75, 3.05) is 69.6 Å². The SMILES string of the molecule is O=C(O)CCOCCCOCCOCCO/C=C\Cc1cccc(C(=O)Nc2ccc(N3CCCCC3)cc2-c2cc(C(=O)N[C@H]3CCCc4ccccc43)ccn2)c1. The Kier molecular flexibility index (Phi) is 16.9. The summed E-state index contributed by atoms with van der Waals surface area (Å²) in [7, 11) is 0. The van der Waals surface area contributed by atoms with Crippen molar-refractivity contribution in [2.45, 2.75) is 63.8 Å². The Morgan fingerprint density at radius 3 is 2.41 bits per heavy atom. The molecule has 1 fully saturated rings. The van der Waals surface area contributed by atoms with E-state index in [1.165, 1.54) is 17.5 Å². The van der Waals surface area contributed by atoms with Gasteiger partial charge >= 0.3 is 5.97 Å². The van der Waals surface area contributed by atoms with Crippen LogP contribution in [-0.4, -0.2) is 87.2 Å². The van der Waals surface area contributed by atoms with Crippen molar-refractivity contribution >= 4 is 29.2 Å². The van der Waals surface area contributed by atoms with Gasteiger partial charge in [-0.25, -0.2) is 0 Å². The molecule has 3 N–H and O–H groups in total. The molecule has 12 nitrogen and oxygen atoms in total. The van der Waals surface area contributed by atoms with Crippen LogP contribution >= 0.6 is 0 Å². The zero-order valence-electron chi connectivity index (χ0n) is 33.7. The number of piperidine rings is 1. The van der Waals surface area contributed by atoms with Gasteiger partial charge in [-0.2, -0.15) is 0 Å². The number of nitrogens with one attached hydrogen (secondary N) is 2. The van der Waals surface area contributed by atoms with E-state index in [-0.39, 0.29) is 30.9 Å². The molecule has 1 aliphatic heterocycles. The number of carboxylic acid groups (broad SMARTS) is 1. The number of ether oxygens (including phenoxy) is 4. The van der Waals surface area contributed by atoms with Crippen LogP contribution in [0.25, 0.3) is 11.3 Å². The normalized spacial score (nSPS) is 15.1. The van der Waals surface area contributed by atoms with Crippen molar-refractivity contribution < 1.29 is 38.4 Å². The molecule has 1 aromatic heterocycles. The second-order valence-electron chi connectivity index (χ2n) is 14.8. The Morgan fingerprint density at radius 1 is 0.780 bits per heavy atom. The molecule has 1 atom stereocenters. The summed E-state index contributed by atoms with van der Waals surface area (Å²) < 4.78 is 21.8. The van der Waals surface area contributed by atoms with Crippen LogP contribution in [0.15, 0.2) is 97.4 Å². The van der Waals surface area contributed by atoms with Gasteiger partial charge in [-0.15, -0.1) is 0 Å². The van der Waals surface area contributed by atoms with Crippen molar-refractivity contribution in [3.63, 3.8) is 0 Å². The molecule has 6 rings (SSSR count). The van der Waals surface area contributed by atoms with Gasteiger partial charge in [0.1, 0.15) is 6.61 Å². The highest BCUT2D eigenvalue weighted by Gasteiger charge is 2.23. The zero-order valence-corrected chi connectivity index (χ0v) is 33.7. The van der Waals surface area contributed by atoms with E-state index in [1.807, 2.05) is 42.5 Å². The number of aliphatic carboxylic acids is 1. The number of carbonyl (C=O) groups is 3. The molecule has 2 heterocycles. The molecule has 0 unspecified atom stereocenters. The van der Waals surface area contributed by atoms with Crippen LogP contribution in [-0.2, 0) is 36.6 Å². The summed E-state index contributed by atoms with van der Waals surface area (Å²) in [4.78, 5) is 45.0. The van der Waals surface area contributed by atoms with E-state index < -0.39 is 5.97 Å². The third kappa shape index (κ3) is 13.5. The van der Waals surface area contributed by atoms with E-state index in [0.717, 1.165) is 62.0 Å². The maximum Gasteiger partial charge on any atom is 0.305 e. The van der Waals surface area contributed by atoms with E-state index in [9.17, 15) is 14.4 Å². The number of fused-ring (bicyclic) bond motifs is 1. The number of aromatic nitrogens is 1. The molecule has 2 aliphatic rings. The lowest BCUT2D eigenvalue weighted by atomic mass is 9.87. The van der Waals surface area contributed by atoms with Crippen LogP contribution in [0.2, 0.25) is 0 Å². The second-order valence-corrected chi connectivity index (χ2v) is 14.8. The molecule has 0 bridgehead atoms. The van der Waals surface area contributed by atoms with Crippen LogP contribution in [0.5, 0.6) is 0 Å². The van der Waals surface area contributed by atoms with Crippen LogP contribution in [0, 0.1) is 0 Å². The van der Waals surface area contributed by atoms with E-state index in [1.54, 1.807) is 24.6 Å². The number of pyridine rings is 1. The number of amides is 2. The quantitative estimate of drug-likeness (QED) is 0.0531. The molecule has 0 radical (unpaired) electrons. The minimum absolute atomic E-state index is 0.00552. The Labute approximate surface area is 346 Å². The molecule has 2 amide bonds. The minimum Gasteiger partial charge on any atom is -0.499 e. The van der Waals surface area contributed by atoms with Gasteiger partial charge in [0.15, 0.2) is 0 Å². The average Bonchev–Trinajstić information content (AvgIpc) is 3.27. The largest absolute Gasteiger partial charge is 0.499 e. The predicted octanol–water partition coefficient (Wildman–Crippen LogP) is 7.79. The number of allylic oxidation sites excluding steroid dienone is 1. The van der Waals surface area contributed by atoms with Crippen molar-refractivity contribution in [3.8, 4) is 11.3 Å². The molecule has 0 spiro atoms. The van der Waals surface area contributed by atoms with Gasteiger partial charge in [0.05, 0.1) is 56.5 Å². The van der Waals surface area contributed by atoms with Crippen LogP contribution in [0.3, 0.4) is 0 Å². The van der Waals surface area contributed by atoms with E-state index >= 15 is 0 Å². The van der Waals surface area contributed by atoms with Crippen molar-refractivity contribution in [1.82, 2.24) is 10.3 Å². The average molecular weight is 805 g/mol. The lowest BCUT2D eigenvalue weighted by Crippen LogP contribution is -2.31. The molecule has 3 aromatic carbocycles. The third-order valence-corrected chi connectivity index (χ3v) is 10.4. The van der Waals surface area contributed by atoms with Crippen molar-refractivity contribution in [1.29, 1.82) is 0 Å². The van der Waals surface area contributed by atoms with Gasteiger partial charge in [0.25, 0.3) is 11.8 Å². The first-order valence-electron chi connectivity index (χ1n) is 20.8. The van der Waals surface area contributed by atoms with Gasteiger partial charge in [0.2, 0.25) is 0 Å². The summed E-state index contributed by atoms with van der Waals surface area (Å²) in [6.07, 6.45) is 12.9. The highest BCUT2D eigenvalue weighted by molar-refractivity contribution is 6.06. The Bertz CT molecular complexity index is 2010. The highest BCUT2D eigenvalue weighted by Crippen LogP contribution is 2.34. The summed E-state index contributed by atoms with van der Waals surface area (Å²) in [5.41, 5.74) is 7.53. The van der Waals surface area contributed by atoms with Crippen LogP contribution < -0.4 is 15.5 Å². The summed E-state index contributed by atoms with van der Waals surface area (Å²) in [5.74, 6) is -1.26. The van der Waals surface area contributed by atoms with Crippen molar-refractivity contribution in [2.24, 2.45) is 0 Å². The smallest absolute Gasteiger partial charge is 0.305 e. The summed E-state index contributed by atoms with van der Waals surface area (Å²) in [6.45, 7) is 4.86. The van der Waals surface area contributed by atoms with Crippen molar-refractivity contribution in [3.05, 3.63) is 125 Å². The molecule has 312 valence electrons. The number of carboxylic acids is 1. The van der Waals surface area contributed by atoms with Gasteiger partial charge < -0.3 is 39.6 Å². The molecule has 0 saturated carbocycles. The monoisotopic (exact) mass is 804 g/mol. The number of hydrogen-bond acceptors (Lipinski definition) is 9. The first-order valence-corrected chi connectivity index (χ1v) is 20.8. The fourth-order valence-corrected chi connectivity index (χ4v) is 7.37. The lowest BCUT2D eigenvalue weighted by Gasteiger charge is -2.29. The Balaban J connectivity index is 1.02. The first-order chi connectivity index (χ1) is 28.9. The molecular formula is C47H56N4O8. The standard InChI is InChI=1S/C47H56N4O8/c52-45(53)20-27-56-25-9-26-58-29-31-59-30-28-57-24-8-11-35-10-6-14-37(32-35)46(54)50-43-18-17-39(51-22-4-1-5-23-51)34-41(43)44-33-38(19-21-48-44)47(55)49-42-16-7-13-36-12-2-3-15-40(36)42/h2-3,6,8,10,12,14-15,17-19,21,24,32-34,42H,1,4-5,7,9,11,13,16,20,22-23,25-31H2,(H,49,55)(H,50,54)(H,52,53)/b24-8-/t42-/m0/s1. The van der Waals surface area contributed by atoms with E-state index in [4.69, 9.17) is 29.0 Å². The van der Waals surface area contributed by atoms with Crippen LogP contribution in [0.1, 0.15) is 88.4 Å². The lowest BCUT2D eigenvalue weighted by molar-refractivity contribution is -0.138. The number of hydrogen-bond donors (Lipinski definition) is 3. The summed E-state index contributed by atoms with van der Waals surface area (Å²) in [5, 5.41) is 15.0. The highest BCUT2D eigenvalue weighted by atomic mass is 16.5. The summed E-state index contributed by atoms with van der Waals surface area (Å²) >= 11 is 0. The van der Waals surface area contributed by atoms with Gasteiger partial charge in [-0.1, -0.05) is 36.4 Å². The zero-order chi connectivity index (χ0) is 41.1. The number of carbonyl (C=O) groups excluding carboxylic acids is 2. The van der Waals surface area contributed by atoms with E-state index in [0.29, 0.717) is 75.0 Å². The van der Waals surface area contributed by atoms with E-state index in [2.05, 4.69) is 45.9 Å². The third-order valence-electron chi connectivity index (χ3n) is 10.4. The molecular weight excluding hydrogens is 749 g/mol. The number of rotatable bonds is 22. The second kappa shape index (κ2) is 23.1. The van der Waals surface area contributed by atoms with Gasteiger partial charge in [0, 0.05) is 54.9 Å². The molecule has 4 aromatic rings. The number of benzene rings is 3. The predicted molar refractivity (Wildman–Crippen MR) is 228 cm³/mol. The summed E-state index contributed by atoms with van der Waals surface area (Å²) in [6, 6.07) is 25.4. The Hall–Kier alpha value is -5.56. The van der Waals surface area contributed by atoms with Gasteiger partial charge in [-0.3, -0.25) is 19.4 Å². The molecule has 1 saturated heterocycles. The number of nitrogens with zero attached hydrogens (tertiary/aromatic N) is 2. The first kappa shape index (κ1) is 43.0. The minimum atomic E-state index is -0.868. The van der Waals surface area contributed by atoms with Gasteiger partial charge in [-0.05, 0) is 117 Å². The maximum atomic E-state index is 13.8. The molecule has 12 heteroatoms.